The van der Waals surface area contributed by atoms with E-state index in [0.717, 1.165) is 10.2 Å². The number of rotatable bonds is 4. The number of nitrogens with one attached hydrogen (secondary N) is 1. The van der Waals surface area contributed by atoms with Gasteiger partial charge in [0.15, 0.2) is 0 Å². The van der Waals surface area contributed by atoms with E-state index in [-0.39, 0.29) is 5.91 Å². The van der Waals surface area contributed by atoms with Crippen molar-refractivity contribution >= 4 is 45.0 Å². The number of anilines is 2. The molecule has 0 saturated heterocycles. The van der Waals surface area contributed by atoms with Crippen molar-refractivity contribution in [2.75, 3.05) is 16.8 Å². The Morgan fingerprint density at radius 1 is 1.37 bits per heavy atom. The van der Waals surface area contributed by atoms with E-state index in [4.69, 9.17) is 5.73 Å². The van der Waals surface area contributed by atoms with Gasteiger partial charge in [0.1, 0.15) is 0 Å². The van der Waals surface area contributed by atoms with Gasteiger partial charge in [0.25, 0.3) is 0 Å². The van der Waals surface area contributed by atoms with Gasteiger partial charge >= 0.3 is 0 Å². The minimum Gasteiger partial charge on any atom is -0.399 e. The SMILES string of the molecule is Nc1ccc(NC(=O)CSC2CCCCC2)c(Br)c1. The summed E-state index contributed by atoms with van der Waals surface area (Å²) >= 11 is 5.18. The van der Waals surface area contributed by atoms with E-state index in [9.17, 15) is 4.79 Å². The van der Waals surface area contributed by atoms with Gasteiger partial charge in [-0.2, -0.15) is 0 Å². The standard InChI is InChI=1S/C14H19BrN2OS/c15-12-8-10(16)6-7-13(12)17-14(18)9-19-11-4-2-1-3-5-11/h6-8,11H,1-5,9,16H2,(H,17,18). The highest BCUT2D eigenvalue weighted by atomic mass is 79.9. The van der Waals surface area contributed by atoms with E-state index in [1.165, 1.54) is 32.1 Å². The topological polar surface area (TPSA) is 55.1 Å². The van der Waals surface area contributed by atoms with Crippen molar-refractivity contribution in [2.24, 2.45) is 0 Å². The second kappa shape index (κ2) is 7.20. The summed E-state index contributed by atoms with van der Waals surface area (Å²) in [5.74, 6) is 0.586. The number of benzene rings is 1. The summed E-state index contributed by atoms with van der Waals surface area (Å²) < 4.78 is 0.823. The highest BCUT2D eigenvalue weighted by Crippen LogP contribution is 2.29. The predicted octanol–water partition coefficient (Wildman–Crippen LogP) is 4.04. The Morgan fingerprint density at radius 3 is 2.79 bits per heavy atom. The summed E-state index contributed by atoms with van der Waals surface area (Å²) in [6.07, 6.45) is 6.47. The van der Waals surface area contributed by atoms with Crippen molar-refractivity contribution in [3.63, 3.8) is 0 Å². The highest BCUT2D eigenvalue weighted by Gasteiger charge is 2.15. The predicted molar refractivity (Wildman–Crippen MR) is 86.5 cm³/mol. The minimum atomic E-state index is 0.0565. The molecular formula is C14H19BrN2OS. The van der Waals surface area contributed by atoms with Crippen LogP contribution in [0.3, 0.4) is 0 Å². The summed E-state index contributed by atoms with van der Waals surface area (Å²) in [6.45, 7) is 0. The number of thioether (sulfide) groups is 1. The molecule has 1 aromatic carbocycles. The quantitative estimate of drug-likeness (QED) is 0.812. The van der Waals surface area contributed by atoms with E-state index < -0.39 is 0 Å². The molecule has 0 bridgehead atoms. The van der Waals surface area contributed by atoms with Crippen LogP contribution in [0.15, 0.2) is 22.7 Å². The molecule has 0 spiro atoms. The molecule has 0 heterocycles. The van der Waals surface area contributed by atoms with Crippen LogP contribution in [-0.4, -0.2) is 16.9 Å². The fourth-order valence-corrected chi connectivity index (χ4v) is 3.87. The molecule has 3 nitrogen and oxygen atoms in total. The van der Waals surface area contributed by atoms with Crippen LogP contribution >= 0.6 is 27.7 Å². The van der Waals surface area contributed by atoms with Crippen molar-refractivity contribution in [1.82, 2.24) is 0 Å². The largest absolute Gasteiger partial charge is 0.399 e. The molecule has 19 heavy (non-hydrogen) atoms. The maximum atomic E-state index is 11.9. The summed E-state index contributed by atoms with van der Waals surface area (Å²) in [4.78, 5) is 11.9. The molecule has 0 unspecified atom stereocenters. The molecule has 0 aromatic heterocycles. The summed E-state index contributed by atoms with van der Waals surface area (Å²) in [5.41, 5.74) is 7.13. The lowest BCUT2D eigenvalue weighted by atomic mass is 10.0. The number of hydrogen-bond acceptors (Lipinski definition) is 3. The smallest absolute Gasteiger partial charge is 0.234 e. The molecule has 1 fully saturated rings. The normalized spacial score (nSPS) is 16.3. The molecule has 3 N–H and O–H groups in total. The summed E-state index contributed by atoms with van der Waals surface area (Å²) in [5, 5.41) is 3.58. The Morgan fingerprint density at radius 2 is 2.11 bits per heavy atom. The van der Waals surface area contributed by atoms with Gasteiger partial charge in [-0.1, -0.05) is 19.3 Å². The second-order valence-electron chi connectivity index (χ2n) is 4.86. The maximum absolute atomic E-state index is 11.9. The molecule has 5 heteroatoms. The van der Waals surface area contributed by atoms with E-state index in [0.29, 0.717) is 16.7 Å². The van der Waals surface area contributed by atoms with Crippen molar-refractivity contribution < 1.29 is 4.79 Å². The van der Waals surface area contributed by atoms with E-state index >= 15 is 0 Å². The van der Waals surface area contributed by atoms with Crippen LogP contribution in [0.4, 0.5) is 11.4 Å². The van der Waals surface area contributed by atoms with Crippen LogP contribution in [-0.2, 0) is 4.79 Å². The van der Waals surface area contributed by atoms with Crippen molar-refractivity contribution in [2.45, 2.75) is 37.4 Å². The third kappa shape index (κ3) is 4.73. The minimum absolute atomic E-state index is 0.0565. The molecule has 1 aliphatic rings. The van der Waals surface area contributed by atoms with Crippen LogP contribution in [0.5, 0.6) is 0 Å². The van der Waals surface area contributed by atoms with Gasteiger partial charge in [0, 0.05) is 15.4 Å². The average Bonchev–Trinajstić information content (AvgIpc) is 2.41. The van der Waals surface area contributed by atoms with Gasteiger partial charge in [0.2, 0.25) is 5.91 Å². The Labute approximate surface area is 126 Å². The number of halogens is 1. The van der Waals surface area contributed by atoms with E-state index in [1.54, 1.807) is 23.9 Å². The van der Waals surface area contributed by atoms with Gasteiger partial charge < -0.3 is 11.1 Å². The van der Waals surface area contributed by atoms with E-state index in [1.807, 2.05) is 6.07 Å². The Balaban J connectivity index is 1.80. The van der Waals surface area contributed by atoms with Gasteiger partial charge in [-0.25, -0.2) is 0 Å². The fourth-order valence-electron chi connectivity index (χ4n) is 2.24. The molecule has 104 valence electrons. The Kier molecular flexibility index (Phi) is 5.58. The zero-order valence-electron chi connectivity index (χ0n) is 10.8. The molecule has 0 aliphatic heterocycles. The lowest BCUT2D eigenvalue weighted by Crippen LogP contribution is -2.18. The van der Waals surface area contributed by atoms with Crippen molar-refractivity contribution in [1.29, 1.82) is 0 Å². The van der Waals surface area contributed by atoms with Gasteiger partial charge in [-0.3, -0.25) is 4.79 Å². The molecule has 0 radical (unpaired) electrons. The van der Waals surface area contributed by atoms with Gasteiger partial charge in [0.05, 0.1) is 11.4 Å². The molecule has 1 saturated carbocycles. The Hall–Kier alpha value is -0.680. The van der Waals surface area contributed by atoms with Crippen LogP contribution in [0.1, 0.15) is 32.1 Å². The fraction of sp³-hybridized carbons (Fsp3) is 0.500. The number of hydrogen-bond donors (Lipinski definition) is 2. The van der Waals surface area contributed by atoms with Crippen LogP contribution in [0, 0.1) is 0 Å². The van der Waals surface area contributed by atoms with E-state index in [2.05, 4.69) is 21.2 Å². The first-order valence-corrected chi connectivity index (χ1v) is 8.46. The number of carbonyl (C=O) groups excluding carboxylic acids is 1. The number of carbonyl (C=O) groups is 1. The highest BCUT2D eigenvalue weighted by molar-refractivity contribution is 9.10. The van der Waals surface area contributed by atoms with Gasteiger partial charge in [-0.05, 0) is 47.0 Å². The van der Waals surface area contributed by atoms with Crippen LogP contribution in [0.25, 0.3) is 0 Å². The molecule has 1 aromatic rings. The number of nitrogen functional groups attached to an aromatic ring is 1. The lowest BCUT2D eigenvalue weighted by molar-refractivity contribution is -0.113. The van der Waals surface area contributed by atoms with Crippen LogP contribution < -0.4 is 11.1 Å². The number of nitrogens with two attached hydrogens (primary N) is 1. The average molecular weight is 343 g/mol. The molecular weight excluding hydrogens is 324 g/mol. The molecule has 1 aliphatic carbocycles. The van der Waals surface area contributed by atoms with Gasteiger partial charge in [-0.15, -0.1) is 11.8 Å². The second-order valence-corrected chi connectivity index (χ2v) is 7.00. The first kappa shape index (κ1) is 14.7. The summed E-state index contributed by atoms with van der Waals surface area (Å²) in [7, 11) is 0. The number of amides is 1. The Bertz CT molecular complexity index is 447. The summed E-state index contributed by atoms with van der Waals surface area (Å²) in [6, 6.07) is 5.40. The zero-order chi connectivity index (χ0) is 13.7. The molecule has 2 rings (SSSR count). The monoisotopic (exact) mass is 342 g/mol. The van der Waals surface area contributed by atoms with Crippen molar-refractivity contribution in [3.05, 3.63) is 22.7 Å². The maximum Gasteiger partial charge on any atom is 0.234 e. The lowest BCUT2D eigenvalue weighted by Gasteiger charge is -2.20. The third-order valence-electron chi connectivity index (χ3n) is 3.27. The molecule has 1 amide bonds. The molecule has 0 atom stereocenters. The van der Waals surface area contributed by atoms with Crippen LogP contribution in [0.2, 0.25) is 0 Å². The van der Waals surface area contributed by atoms with Crippen molar-refractivity contribution in [3.8, 4) is 0 Å². The zero-order valence-corrected chi connectivity index (χ0v) is 13.2. The first-order chi connectivity index (χ1) is 9.15. The first-order valence-electron chi connectivity index (χ1n) is 6.61. The third-order valence-corrected chi connectivity index (χ3v) is 5.30.